The summed E-state index contributed by atoms with van der Waals surface area (Å²) in [6, 6.07) is 3.40. The molecule has 0 unspecified atom stereocenters. The molecule has 1 aromatic rings. The highest BCUT2D eigenvalue weighted by Gasteiger charge is 2.28. The van der Waals surface area contributed by atoms with Gasteiger partial charge in [0.25, 0.3) is 0 Å². The predicted octanol–water partition coefficient (Wildman–Crippen LogP) is 2.60. The molecule has 0 saturated carbocycles. The SMILES string of the molecule is CCC(CC)N(C)S(=O)(=O)c1cc(CO)cc(C)c1C. The van der Waals surface area contributed by atoms with E-state index in [-0.39, 0.29) is 12.6 Å². The van der Waals surface area contributed by atoms with Gasteiger partial charge in [-0.1, -0.05) is 19.9 Å². The number of aliphatic hydroxyl groups excluding tert-OH is 1. The van der Waals surface area contributed by atoms with Crippen LogP contribution in [0.15, 0.2) is 17.0 Å². The average Bonchev–Trinajstić information content (AvgIpc) is 2.42. The molecule has 0 aliphatic carbocycles. The Morgan fingerprint density at radius 1 is 1.20 bits per heavy atom. The minimum absolute atomic E-state index is 0.00233. The van der Waals surface area contributed by atoms with Gasteiger partial charge >= 0.3 is 0 Å². The fourth-order valence-corrected chi connectivity index (χ4v) is 4.26. The highest BCUT2D eigenvalue weighted by atomic mass is 32.2. The van der Waals surface area contributed by atoms with Crippen LogP contribution in [0.25, 0.3) is 0 Å². The summed E-state index contributed by atoms with van der Waals surface area (Å²) in [6.45, 7) is 7.50. The summed E-state index contributed by atoms with van der Waals surface area (Å²) in [5, 5.41) is 9.27. The van der Waals surface area contributed by atoms with Gasteiger partial charge in [0.1, 0.15) is 0 Å². The maximum Gasteiger partial charge on any atom is 0.243 e. The lowest BCUT2D eigenvalue weighted by Crippen LogP contribution is -2.36. The number of hydrogen-bond donors (Lipinski definition) is 1. The molecule has 0 aromatic heterocycles. The van der Waals surface area contributed by atoms with E-state index in [4.69, 9.17) is 0 Å². The largest absolute Gasteiger partial charge is 0.392 e. The molecule has 114 valence electrons. The Bertz CT molecular complexity index is 563. The Balaban J connectivity index is 3.38. The number of benzene rings is 1. The Morgan fingerprint density at radius 3 is 2.20 bits per heavy atom. The molecule has 0 aliphatic rings. The third-order valence-electron chi connectivity index (χ3n) is 3.98. The first-order valence-electron chi connectivity index (χ1n) is 6.98. The molecule has 0 amide bonds. The van der Waals surface area contributed by atoms with Crippen LogP contribution in [-0.2, 0) is 16.6 Å². The first-order chi connectivity index (χ1) is 9.29. The molecule has 4 nitrogen and oxygen atoms in total. The van der Waals surface area contributed by atoms with E-state index < -0.39 is 10.0 Å². The summed E-state index contributed by atoms with van der Waals surface area (Å²) in [6.07, 6.45) is 1.56. The summed E-state index contributed by atoms with van der Waals surface area (Å²) in [7, 11) is -1.89. The van der Waals surface area contributed by atoms with E-state index in [1.807, 2.05) is 33.8 Å². The third-order valence-corrected chi connectivity index (χ3v) is 6.01. The zero-order chi connectivity index (χ0) is 15.5. The Morgan fingerprint density at radius 2 is 1.75 bits per heavy atom. The zero-order valence-corrected chi connectivity index (χ0v) is 13.8. The van der Waals surface area contributed by atoms with Crippen molar-refractivity contribution in [3.05, 3.63) is 28.8 Å². The van der Waals surface area contributed by atoms with E-state index in [0.29, 0.717) is 10.5 Å². The first kappa shape index (κ1) is 17.1. The molecule has 0 heterocycles. The molecule has 1 rings (SSSR count). The number of hydrogen-bond acceptors (Lipinski definition) is 3. The minimum Gasteiger partial charge on any atom is -0.392 e. The van der Waals surface area contributed by atoms with Gasteiger partial charge in [0, 0.05) is 13.1 Å². The Hall–Kier alpha value is -0.910. The molecule has 0 radical (unpaired) electrons. The number of nitrogens with zero attached hydrogens (tertiary/aromatic N) is 1. The summed E-state index contributed by atoms with van der Waals surface area (Å²) < 4.78 is 27.0. The van der Waals surface area contributed by atoms with E-state index in [9.17, 15) is 13.5 Å². The summed E-state index contributed by atoms with van der Waals surface area (Å²) in [5.74, 6) is 0. The molecule has 0 atom stereocenters. The van der Waals surface area contributed by atoms with Crippen LogP contribution in [0.3, 0.4) is 0 Å². The van der Waals surface area contributed by atoms with Gasteiger partial charge in [-0.25, -0.2) is 8.42 Å². The number of sulfonamides is 1. The zero-order valence-electron chi connectivity index (χ0n) is 13.0. The van der Waals surface area contributed by atoms with E-state index in [2.05, 4.69) is 0 Å². The quantitative estimate of drug-likeness (QED) is 0.878. The van der Waals surface area contributed by atoms with Crippen LogP contribution < -0.4 is 0 Å². The van der Waals surface area contributed by atoms with Crippen molar-refractivity contribution in [3.63, 3.8) is 0 Å². The van der Waals surface area contributed by atoms with Gasteiger partial charge < -0.3 is 5.11 Å². The lowest BCUT2D eigenvalue weighted by Gasteiger charge is -2.26. The summed E-state index contributed by atoms with van der Waals surface area (Å²) in [5.41, 5.74) is 2.26. The maximum atomic E-state index is 12.8. The van der Waals surface area contributed by atoms with Crippen LogP contribution in [0.5, 0.6) is 0 Å². The number of aliphatic hydroxyl groups is 1. The summed E-state index contributed by atoms with van der Waals surface area (Å²) >= 11 is 0. The van der Waals surface area contributed by atoms with Gasteiger partial charge in [-0.15, -0.1) is 0 Å². The molecular weight excluding hydrogens is 274 g/mol. The third kappa shape index (κ3) is 3.22. The number of rotatable bonds is 6. The standard InChI is InChI=1S/C15H25NO3S/c1-6-14(7-2)16(5)20(18,19)15-9-13(10-17)8-11(3)12(15)4/h8-9,14,17H,6-7,10H2,1-5H3. The van der Waals surface area contributed by atoms with Crippen LogP contribution in [0, 0.1) is 13.8 Å². The van der Waals surface area contributed by atoms with E-state index >= 15 is 0 Å². The van der Waals surface area contributed by atoms with Gasteiger partial charge in [0.2, 0.25) is 10.0 Å². The highest BCUT2D eigenvalue weighted by Crippen LogP contribution is 2.26. The smallest absolute Gasteiger partial charge is 0.243 e. The molecule has 5 heteroatoms. The van der Waals surface area contributed by atoms with Gasteiger partial charge in [-0.3, -0.25) is 0 Å². The van der Waals surface area contributed by atoms with E-state index in [1.165, 1.54) is 4.31 Å². The van der Waals surface area contributed by atoms with Gasteiger partial charge in [0.05, 0.1) is 11.5 Å². The van der Waals surface area contributed by atoms with Crippen LogP contribution in [0.4, 0.5) is 0 Å². The number of aryl methyl sites for hydroxylation is 1. The molecular formula is C15H25NO3S. The molecule has 0 bridgehead atoms. The Kier molecular flexibility index (Phi) is 5.74. The Labute approximate surface area is 122 Å². The van der Waals surface area contributed by atoms with Gasteiger partial charge in [-0.2, -0.15) is 4.31 Å². The lowest BCUT2D eigenvalue weighted by molar-refractivity contribution is 0.281. The monoisotopic (exact) mass is 299 g/mol. The van der Waals surface area contributed by atoms with Crippen molar-refractivity contribution in [2.24, 2.45) is 0 Å². The minimum atomic E-state index is -3.53. The second-order valence-corrected chi connectivity index (χ2v) is 7.15. The fraction of sp³-hybridized carbons (Fsp3) is 0.600. The van der Waals surface area contributed by atoms with Crippen LogP contribution >= 0.6 is 0 Å². The van der Waals surface area contributed by atoms with Crippen molar-refractivity contribution < 1.29 is 13.5 Å². The van der Waals surface area contributed by atoms with Crippen molar-refractivity contribution in [2.45, 2.75) is 58.1 Å². The second kappa shape index (κ2) is 6.70. The van der Waals surface area contributed by atoms with Gasteiger partial charge in [0.15, 0.2) is 0 Å². The highest BCUT2D eigenvalue weighted by molar-refractivity contribution is 7.89. The van der Waals surface area contributed by atoms with Crippen LogP contribution in [-0.4, -0.2) is 30.9 Å². The lowest BCUT2D eigenvalue weighted by atomic mass is 10.1. The first-order valence-corrected chi connectivity index (χ1v) is 8.42. The molecule has 1 aromatic carbocycles. The van der Waals surface area contributed by atoms with Crippen molar-refractivity contribution in [1.82, 2.24) is 4.31 Å². The van der Waals surface area contributed by atoms with Crippen LogP contribution in [0.1, 0.15) is 43.4 Å². The molecule has 1 N–H and O–H groups in total. The van der Waals surface area contributed by atoms with Crippen molar-refractivity contribution in [2.75, 3.05) is 7.05 Å². The van der Waals surface area contributed by atoms with Crippen LogP contribution in [0.2, 0.25) is 0 Å². The van der Waals surface area contributed by atoms with Crippen molar-refractivity contribution >= 4 is 10.0 Å². The van der Waals surface area contributed by atoms with E-state index in [1.54, 1.807) is 13.1 Å². The molecule has 0 saturated heterocycles. The average molecular weight is 299 g/mol. The molecule has 0 spiro atoms. The van der Waals surface area contributed by atoms with Crippen molar-refractivity contribution in [1.29, 1.82) is 0 Å². The van der Waals surface area contributed by atoms with Gasteiger partial charge in [-0.05, 0) is 49.4 Å². The predicted molar refractivity (Wildman–Crippen MR) is 81.2 cm³/mol. The topological polar surface area (TPSA) is 57.6 Å². The van der Waals surface area contributed by atoms with E-state index in [0.717, 1.165) is 24.0 Å². The second-order valence-electron chi connectivity index (χ2n) is 5.19. The molecule has 0 fully saturated rings. The fourth-order valence-electron chi connectivity index (χ4n) is 2.41. The molecule has 20 heavy (non-hydrogen) atoms. The van der Waals surface area contributed by atoms with Crippen molar-refractivity contribution in [3.8, 4) is 0 Å². The molecule has 0 aliphatic heterocycles. The maximum absolute atomic E-state index is 12.8. The summed E-state index contributed by atoms with van der Waals surface area (Å²) in [4.78, 5) is 0.302. The normalized spacial score (nSPS) is 12.4.